The van der Waals surface area contributed by atoms with Crippen molar-refractivity contribution in [2.24, 2.45) is 12.5 Å². The van der Waals surface area contributed by atoms with Crippen LogP contribution in [-0.2, 0) is 7.05 Å². The number of furan rings is 1. The molecule has 2 aromatic rings. The van der Waals surface area contributed by atoms with Gasteiger partial charge in [0.2, 0.25) is 0 Å². The van der Waals surface area contributed by atoms with E-state index in [1.165, 1.54) is 6.26 Å². The van der Waals surface area contributed by atoms with Gasteiger partial charge in [0.1, 0.15) is 0 Å². The minimum absolute atomic E-state index is 0.00114. The van der Waals surface area contributed by atoms with Gasteiger partial charge in [-0.2, -0.15) is 0 Å². The molecule has 2 aromatic heterocycles. The molecule has 3 heterocycles. The molecule has 1 atom stereocenters. The van der Waals surface area contributed by atoms with Crippen LogP contribution in [0, 0.1) is 5.41 Å². The number of hydrogen-bond acceptors (Lipinski definition) is 3. The third-order valence-corrected chi connectivity index (χ3v) is 5.85. The maximum atomic E-state index is 12.4. The summed E-state index contributed by atoms with van der Waals surface area (Å²) in [4.78, 5) is 26.7. The van der Waals surface area contributed by atoms with Crippen molar-refractivity contribution in [3.8, 4) is 0 Å². The van der Waals surface area contributed by atoms with E-state index in [0.717, 1.165) is 38.8 Å². The van der Waals surface area contributed by atoms with Crippen molar-refractivity contribution < 1.29 is 14.0 Å². The summed E-state index contributed by atoms with van der Waals surface area (Å²) in [5.74, 6) is 0.362. The second kappa shape index (κ2) is 6.10. The van der Waals surface area contributed by atoms with Gasteiger partial charge in [-0.15, -0.1) is 0 Å². The van der Waals surface area contributed by atoms with Crippen LogP contribution in [-0.4, -0.2) is 40.4 Å². The Hall–Kier alpha value is -2.50. The number of likely N-dealkylation sites (tertiary alicyclic amines) is 1. The molecular weight excluding hydrogens is 318 g/mol. The average molecular weight is 341 g/mol. The molecule has 1 aliphatic carbocycles. The average Bonchev–Trinajstić information content (AvgIpc) is 3.30. The zero-order chi connectivity index (χ0) is 17.4. The van der Waals surface area contributed by atoms with E-state index in [2.05, 4.69) is 5.32 Å². The van der Waals surface area contributed by atoms with E-state index in [4.69, 9.17) is 4.42 Å². The van der Waals surface area contributed by atoms with Crippen LogP contribution in [0.5, 0.6) is 0 Å². The van der Waals surface area contributed by atoms with Crippen molar-refractivity contribution in [1.29, 1.82) is 0 Å². The van der Waals surface area contributed by atoms with E-state index in [1.54, 1.807) is 12.1 Å². The van der Waals surface area contributed by atoms with Crippen molar-refractivity contribution in [3.63, 3.8) is 0 Å². The number of nitrogens with zero attached hydrogens (tertiary/aromatic N) is 2. The summed E-state index contributed by atoms with van der Waals surface area (Å²) in [5, 5.41) is 3.20. The molecule has 0 radical (unpaired) electrons. The number of rotatable bonds is 3. The van der Waals surface area contributed by atoms with Gasteiger partial charge >= 0.3 is 0 Å². The fourth-order valence-electron chi connectivity index (χ4n) is 4.11. The van der Waals surface area contributed by atoms with Gasteiger partial charge in [0.15, 0.2) is 5.76 Å². The molecule has 132 valence electrons. The van der Waals surface area contributed by atoms with Crippen LogP contribution in [0.15, 0.2) is 41.3 Å². The second-order valence-electron chi connectivity index (χ2n) is 7.26. The molecular formula is C19H23N3O3. The molecule has 4 rings (SSSR count). The van der Waals surface area contributed by atoms with Gasteiger partial charge in [-0.05, 0) is 49.3 Å². The fraction of sp³-hybridized carbons (Fsp3) is 0.474. The summed E-state index contributed by atoms with van der Waals surface area (Å²) in [6.07, 6.45) is 9.24. The molecule has 1 saturated heterocycles. The Bertz CT molecular complexity index is 770. The number of carbonyl (C=O) groups excluding carboxylic acids is 2. The SMILES string of the molecule is Cn1ccc(C(=O)N[C@@H]2CCC23CCN(C(=O)c2ccco2)CC3)c1. The highest BCUT2D eigenvalue weighted by Crippen LogP contribution is 2.49. The summed E-state index contributed by atoms with van der Waals surface area (Å²) in [7, 11) is 1.91. The minimum Gasteiger partial charge on any atom is -0.459 e. The summed E-state index contributed by atoms with van der Waals surface area (Å²) in [6, 6.07) is 5.49. The number of hydrogen-bond donors (Lipinski definition) is 1. The molecule has 25 heavy (non-hydrogen) atoms. The molecule has 6 heteroatoms. The molecule has 6 nitrogen and oxygen atoms in total. The third-order valence-electron chi connectivity index (χ3n) is 5.85. The van der Waals surface area contributed by atoms with Gasteiger partial charge in [-0.25, -0.2) is 0 Å². The number of piperidine rings is 1. The summed E-state index contributed by atoms with van der Waals surface area (Å²) >= 11 is 0. The van der Waals surface area contributed by atoms with Crippen LogP contribution in [0.2, 0.25) is 0 Å². The predicted molar refractivity (Wildman–Crippen MR) is 92.2 cm³/mol. The van der Waals surface area contributed by atoms with Gasteiger partial charge in [0.25, 0.3) is 11.8 Å². The van der Waals surface area contributed by atoms with Gasteiger partial charge in [0.05, 0.1) is 11.8 Å². The van der Waals surface area contributed by atoms with Crippen molar-refractivity contribution >= 4 is 11.8 Å². The first-order valence-corrected chi connectivity index (χ1v) is 8.83. The van der Waals surface area contributed by atoms with Gasteiger partial charge in [0, 0.05) is 38.6 Å². The number of aromatic nitrogens is 1. The summed E-state index contributed by atoms with van der Waals surface area (Å²) in [6.45, 7) is 1.44. The van der Waals surface area contributed by atoms with Crippen LogP contribution >= 0.6 is 0 Å². The standard InChI is InChI=1S/C19H23N3O3/c1-21-9-5-14(13-21)17(23)20-16-4-6-19(16)7-10-22(11-8-19)18(24)15-3-2-12-25-15/h2-3,5,9,12-13,16H,4,6-8,10-11H2,1H3,(H,20,23)/t16-/m1/s1. The normalized spacial score (nSPS) is 21.8. The Morgan fingerprint density at radius 1 is 1.24 bits per heavy atom. The lowest BCUT2D eigenvalue weighted by atomic mass is 9.59. The summed E-state index contributed by atoms with van der Waals surface area (Å²) < 4.78 is 7.09. The van der Waals surface area contributed by atoms with Crippen molar-refractivity contribution in [2.75, 3.05) is 13.1 Å². The first-order chi connectivity index (χ1) is 12.1. The van der Waals surface area contributed by atoms with Crippen molar-refractivity contribution in [3.05, 3.63) is 48.2 Å². The fourth-order valence-corrected chi connectivity index (χ4v) is 4.11. The quantitative estimate of drug-likeness (QED) is 0.932. The Balaban J connectivity index is 1.36. The molecule has 1 aliphatic heterocycles. The topological polar surface area (TPSA) is 67.5 Å². The summed E-state index contributed by atoms with van der Waals surface area (Å²) in [5.41, 5.74) is 0.847. The smallest absolute Gasteiger partial charge is 0.289 e. The maximum absolute atomic E-state index is 12.4. The van der Waals surface area contributed by atoms with E-state index in [9.17, 15) is 9.59 Å². The molecule has 0 unspecified atom stereocenters. The van der Waals surface area contributed by atoms with Gasteiger partial charge in [-0.1, -0.05) is 0 Å². The predicted octanol–water partition coefficient (Wildman–Crippen LogP) is 2.43. The van der Waals surface area contributed by atoms with Crippen LogP contribution in [0.3, 0.4) is 0 Å². The molecule has 2 aliphatic rings. The first-order valence-electron chi connectivity index (χ1n) is 8.83. The van der Waals surface area contributed by atoms with Crippen LogP contribution < -0.4 is 5.32 Å². The van der Waals surface area contributed by atoms with E-state index in [1.807, 2.05) is 35.0 Å². The van der Waals surface area contributed by atoms with Crippen molar-refractivity contribution in [1.82, 2.24) is 14.8 Å². The highest BCUT2D eigenvalue weighted by molar-refractivity contribution is 5.94. The highest BCUT2D eigenvalue weighted by atomic mass is 16.3. The van der Waals surface area contributed by atoms with Crippen molar-refractivity contribution in [2.45, 2.75) is 31.7 Å². The highest BCUT2D eigenvalue weighted by Gasteiger charge is 2.49. The lowest BCUT2D eigenvalue weighted by Gasteiger charge is -2.54. The zero-order valence-electron chi connectivity index (χ0n) is 14.4. The second-order valence-corrected chi connectivity index (χ2v) is 7.26. The number of amides is 2. The molecule has 2 amide bonds. The molecule has 1 saturated carbocycles. The van der Waals surface area contributed by atoms with Gasteiger partial charge in [-0.3, -0.25) is 9.59 Å². The Kier molecular flexibility index (Phi) is 3.90. The lowest BCUT2D eigenvalue weighted by molar-refractivity contribution is -0.00316. The molecule has 1 spiro atoms. The molecule has 0 aromatic carbocycles. The van der Waals surface area contributed by atoms with Crippen LogP contribution in [0.4, 0.5) is 0 Å². The third kappa shape index (κ3) is 2.86. The Morgan fingerprint density at radius 3 is 2.60 bits per heavy atom. The molecule has 0 bridgehead atoms. The monoisotopic (exact) mass is 341 g/mol. The number of aryl methyl sites for hydroxylation is 1. The largest absolute Gasteiger partial charge is 0.459 e. The minimum atomic E-state index is -0.0379. The van der Waals surface area contributed by atoms with E-state index in [-0.39, 0.29) is 23.3 Å². The number of nitrogens with one attached hydrogen (secondary N) is 1. The Labute approximate surface area is 146 Å². The van der Waals surface area contributed by atoms with E-state index >= 15 is 0 Å². The van der Waals surface area contributed by atoms with E-state index < -0.39 is 0 Å². The zero-order valence-corrected chi connectivity index (χ0v) is 14.4. The van der Waals surface area contributed by atoms with E-state index in [0.29, 0.717) is 11.3 Å². The van der Waals surface area contributed by atoms with Gasteiger partial charge < -0.3 is 19.2 Å². The first kappa shape index (κ1) is 16.0. The van der Waals surface area contributed by atoms with Crippen LogP contribution in [0.25, 0.3) is 0 Å². The molecule has 1 N–H and O–H groups in total. The number of carbonyl (C=O) groups is 2. The lowest BCUT2D eigenvalue weighted by Crippen LogP contribution is -2.59. The molecule has 2 fully saturated rings. The van der Waals surface area contributed by atoms with Crippen LogP contribution in [0.1, 0.15) is 46.6 Å². The maximum Gasteiger partial charge on any atom is 0.289 e. The Morgan fingerprint density at radius 2 is 2.04 bits per heavy atom.